The van der Waals surface area contributed by atoms with Crippen molar-refractivity contribution in [3.05, 3.63) is 17.5 Å². The Morgan fingerprint density at radius 1 is 1.30 bits per heavy atom. The van der Waals surface area contributed by atoms with Crippen LogP contribution in [0.3, 0.4) is 0 Å². The molecule has 0 unspecified atom stereocenters. The molecule has 0 aliphatic carbocycles. The summed E-state index contributed by atoms with van der Waals surface area (Å²) in [6.07, 6.45) is 2.51. The smallest absolute Gasteiger partial charge is 0.158 e. The summed E-state index contributed by atoms with van der Waals surface area (Å²) in [4.78, 5) is 12.3. The normalized spacial score (nSPS) is 12.7. The summed E-state index contributed by atoms with van der Waals surface area (Å²) in [5.74, 6) is 0.958. The molecular formula is C16H28N2O2. The van der Waals surface area contributed by atoms with Gasteiger partial charge in [0.25, 0.3) is 0 Å². The van der Waals surface area contributed by atoms with E-state index in [-0.39, 0.29) is 11.2 Å². The maximum absolute atomic E-state index is 12.3. The van der Waals surface area contributed by atoms with Gasteiger partial charge in [-0.3, -0.25) is 4.79 Å². The van der Waals surface area contributed by atoms with Gasteiger partial charge in [-0.25, -0.2) is 0 Å². The molecule has 0 atom stereocenters. The molecule has 0 spiro atoms. The van der Waals surface area contributed by atoms with E-state index in [4.69, 9.17) is 4.52 Å². The second-order valence-electron chi connectivity index (χ2n) is 6.94. The summed E-state index contributed by atoms with van der Waals surface area (Å²) in [5.41, 5.74) is 0.115. The summed E-state index contributed by atoms with van der Waals surface area (Å²) in [5, 5.41) is 7.32. The maximum Gasteiger partial charge on any atom is 0.158 e. The predicted molar refractivity (Wildman–Crippen MR) is 80.9 cm³/mol. The van der Waals surface area contributed by atoms with Crippen LogP contribution in [0.15, 0.2) is 10.6 Å². The second kappa shape index (κ2) is 6.53. The molecule has 0 bridgehead atoms. The monoisotopic (exact) mass is 280 g/mol. The van der Waals surface area contributed by atoms with Crippen LogP contribution in [0.4, 0.5) is 0 Å². The van der Waals surface area contributed by atoms with Crippen molar-refractivity contribution in [2.45, 2.75) is 71.8 Å². The zero-order valence-electron chi connectivity index (χ0n) is 13.7. The van der Waals surface area contributed by atoms with Gasteiger partial charge in [0.1, 0.15) is 5.76 Å². The van der Waals surface area contributed by atoms with Gasteiger partial charge in [-0.1, -0.05) is 39.3 Å². The number of carbonyl (C=O) groups excluding carboxylic acids is 1. The molecule has 1 aromatic heterocycles. The van der Waals surface area contributed by atoms with Gasteiger partial charge >= 0.3 is 0 Å². The van der Waals surface area contributed by atoms with E-state index in [0.29, 0.717) is 12.1 Å². The first-order valence-corrected chi connectivity index (χ1v) is 7.41. The molecule has 20 heavy (non-hydrogen) atoms. The zero-order chi connectivity index (χ0) is 15.4. The Hall–Kier alpha value is -1.16. The largest absolute Gasteiger partial charge is 0.361 e. The van der Waals surface area contributed by atoms with Crippen molar-refractivity contribution >= 4 is 5.78 Å². The first-order valence-electron chi connectivity index (χ1n) is 7.41. The number of Topliss-reactive ketones (excluding diaryl/α,β-unsaturated/α-hetero) is 1. The van der Waals surface area contributed by atoms with Crippen molar-refractivity contribution in [3.63, 3.8) is 0 Å². The van der Waals surface area contributed by atoms with E-state index in [1.54, 1.807) is 0 Å². The number of aromatic nitrogens is 1. The lowest BCUT2D eigenvalue weighted by Crippen LogP contribution is -2.47. The van der Waals surface area contributed by atoms with Crippen LogP contribution in [-0.2, 0) is 16.6 Å². The Bertz CT molecular complexity index is 442. The molecule has 0 saturated heterocycles. The topological polar surface area (TPSA) is 55.1 Å². The van der Waals surface area contributed by atoms with E-state index in [2.05, 4.69) is 38.2 Å². The average molecular weight is 280 g/mol. The fraction of sp³-hybridized carbons (Fsp3) is 0.750. The third-order valence-electron chi connectivity index (χ3n) is 3.43. The van der Waals surface area contributed by atoms with Crippen molar-refractivity contribution in [1.82, 2.24) is 10.5 Å². The molecule has 1 rings (SSSR count). The highest BCUT2D eigenvalue weighted by Crippen LogP contribution is 2.23. The molecule has 4 heteroatoms. The molecule has 0 aromatic carbocycles. The first kappa shape index (κ1) is 16.9. The molecule has 0 radical (unpaired) electrons. The lowest BCUT2D eigenvalue weighted by atomic mass is 9.91. The van der Waals surface area contributed by atoms with Crippen molar-refractivity contribution < 1.29 is 9.32 Å². The first-order chi connectivity index (χ1) is 9.16. The predicted octanol–water partition coefficient (Wildman–Crippen LogP) is 3.25. The molecular weight excluding hydrogens is 252 g/mol. The van der Waals surface area contributed by atoms with Crippen molar-refractivity contribution in [2.75, 3.05) is 6.54 Å². The number of nitrogens with zero attached hydrogens (tertiary/aromatic N) is 1. The van der Waals surface area contributed by atoms with E-state index in [9.17, 15) is 4.79 Å². The van der Waals surface area contributed by atoms with Gasteiger partial charge in [0.2, 0.25) is 0 Å². The van der Waals surface area contributed by atoms with Gasteiger partial charge in [0.05, 0.1) is 17.7 Å². The third-order valence-corrected chi connectivity index (χ3v) is 3.43. The molecule has 0 fully saturated rings. The van der Waals surface area contributed by atoms with Crippen LogP contribution in [-0.4, -0.2) is 23.0 Å². The van der Waals surface area contributed by atoms with Crippen LogP contribution in [0.5, 0.6) is 0 Å². The summed E-state index contributed by atoms with van der Waals surface area (Å²) in [6.45, 7) is 13.0. The average Bonchev–Trinajstić information content (AvgIpc) is 2.77. The highest BCUT2D eigenvalue weighted by Gasteiger charge is 2.28. The van der Waals surface area contributed by atoms with Gasteiger partial charge in [-0.15, -0.1) is 0 Å². The molecule has 0 saturated carbocycles. The number of ketones is 1. The van der Waals surface area contributed by atoms with E-state index in [0.717, 1.165) is 25.1 Å². The van der Waals surface area contributed by atoms with E-state index >= 15 is 0 Å². The number of hydrogen-bond donors (Lipinski definition) is 1. The van der Waals surface area contributed by atoms with E-state index in [1.807, 2.05) is 19.9 Å². The SMILES string of the molecule is CCCCNC(C)(C)C(=O)Cc1cc(C(C)(C)C)on1. The van der Waals surface area contributed by atoms with Crippen LogP contribution in [0, 0.1) is 0 Å². The van der Waals surface area contributed by atoms with Crippen LogP contribution < -0.4 is 5.32 Å². The van der Waals surface area contributed by atoms with Crippen LogP contribution in [0.25, 0.3) is 0 Å². The second-order valence-corrected chi connectivity index (χ2v) is 6.94. The van der Waals surface area contributed by atoms with Gasteiger partial charge in [0, 0.05) is 11.5 Å². The van der Waals surface area contributed by atoms with Crippen LogP contribution in [0.2, 0.25) is 0 Å². The quantitative estimate of drug-likeness (QED) is 0.779. The van der Waals surface area contributed by atoms with Crippen molar-refractivity contribution in [2.24, 2.45) is 0 Å². The number of hydrogen-bond acceptors (Lipinski definition) is 4. The Kier molecular flexibility index (Phi) is 5.51. The van der Waals surface area contributed by atoms with Crippen molar-refractivity contribution in [1.29, 1.82) is 0 Å². The molecule has 1 heterocycles. The molecule has 4 nitrogen and oxygen atoms in total. The van der Waals surface area contributed by atoms with Gasteiger partial charge in [0.15, 0.2) is 5.78 Å². The third kappa shape index (κ3) is 4.75. The minimum absolute atomic E-state index is 0.0802. The van der Waals surface area contributed by atoms with E-state index < -0.39 is 5.54 Å². The Morgan fingerprint density at radius 2 is 1.95 bits per heavy atom. The Balaban J connectivity index is 2.63. The molecule has 0 amide bonds. The van der Waals surface area contributed by atoms with Gasteiger partial charge in [-0.2, -0.15) is 0 Å². The highest BCUT2D eigenvalue weighted by atomic mass is 16.5. The molecule has 0 aliphatic rings. The summed E-state index contributed by atoms with van der Waals surface area (Å²) >= 11 is 0. The van der Waals surface area contributed by atoms with Crippen LogP contribution >= 0.6 is 0 Å². The Morgan fingerprint density at radius 3 is 2.45 bits per heavy atom. The van der Waals surface area contributed by atoms with Crippen LogP contribution in [0.1, 0.15) is 65.8 Å². The summed E-state index contributed by atoms with van der Waals surface area (Å²) in [7, 11) is 0. The number of carbonyl (C=O) groups is 1. The van der Waals surface area contributed by atoms with Gasteiger partial charge in [-0.05, 0) is 26.8 Å². The number of nitrogens with one attached hydrogen (secondary N) is 1. The molecule has 1 N–H and O–H groups in total. The minimum Gasteiger partial charge on any atom is -0.361 e. The molecule has 1 aromatic rings. The maximum atomic E-state index is 12.3. The lowest BCUT2D eigenvalue weighted by Gasteiger charge is -2.24. The van der Waals surface area contributed by atoms with Crippen molar-refractivity contribution in [3.8, 4) is 0 Å². The lowest BCUT2D eigenvalue weighted by molar-refractivity contribution is -0.123. The summed E-state index contributed by atoms with van der Waals surface area (Å²) < 4.78 is 5.32. The molecule has 114 valence electrons. The number of rotatable bonds is 7. The standard InChI is InChI=1S/C16H28N2O2/c1-7-8-9-17-16(5,6)13(19)10-12-11-14(20-18-12)15(2,3)4/h11,17H,7-10H2,1-6H3. The fourth-order valence-electron chi connectivity index (χ4n) is 1.81. The van der Waals surface area contributed by atoms with Gasteiger partial charge < -0.3 is 9.84 Å². The van der Waals surface area contributed by atoms with E-state index in [1.165, 1.54) is 0 Å². The zero-order valence-corrected chi connectivity index (χ0v) is 13.7. The Labute approximate surface area is 122 Å². The highest BCUT2D eigenvalue weighted by molar-refractivity contribution is 5.89. The molecule has 0 aliphatic heterocycles. The fourth-order valence-corrected chi connectivity index (χ4v) is 1.81. The minimum atomic E-state index is -0.518. The number of unbranched alkanes of at least 4 members (excludes halogenated alkanes) is 1. The summed E-state index contributed by atoms with van der Waals surface area (Å²) in [6, 6.07) is 1.89.